The summed E-state index contributed by atoms with van der Waals surface area (Å²) in [7, 11) is 0. The lowest BCUT2D eigenvalue weighted by Gasteiger charge is -2.23. The predicted molar refractivity (Wildman–Crippen MR) is 82.9 cm³/mol. The fraction of sp³-hybridized carbons (Fsp3) is 0.750. The molecule has 1 rings (SSSR count). The van der Waals surface area contributed by atoms with Gasteiger partial charge in [0.25, 0.3) is 0 Å². The Morgan fingerprint density at radius 2 is 2.24 bits per heavy atom. The molecule has 100 valence electrons. The Bertz CT molecular complexity index is 230. The van der Waals surface area contributed by atoms with E-state index in [4.69, 9.17) is 10.5 Å². The van der Waals surface area contributed by atoms with Gasteiger partial charge in [-0.1, -0.05) is 12.5 Å². The molecule has 0 bridgehead atoms. The normalized spacial score (nSPS) is 15.9. The standard InChI is InChI=1S/C12H23N3O.HI/c1-2-3-8-16-9-7-14-12(13)15-10-11-5-4-6-11;/h2,11H,1,3-10H2,(H3,13,14,15);1H. The highest BCUT2D eigenvalue weighted by atomic mass is 127. The third-order valence-corrected chi connectivity index (χ3v) is 2.76. The maximum atomic E-state index is 5.71. The summed E-state index contributed by atoms with van der Waals surface area (Å²) in [5, 5.41) is 3.04. The van der Waals surface area contributed by atoms with Crippen molar-refractivity contribution in [3.8, 4) is 0 Å². The Hall–Kier alpha value is -0.300. The van der Waals surface area contributed by atoms with Crippen LogP contribution in [0.4, 0.5) is 0 Å². The van der Waals surface area contributed by atoms with Gasteiger partial charge in [0.2, 0.25) is 0 Å². The molecule has 3 N–H and O–H groups in total. The van der Waals surface area contributed by atoms with E-state index >= 15 is 0 Å². The van der Waals surface area contributed by atoms with E-state index in [1.807, 2.05) is 6.08 Å². The topological polar surface area (TPSA) is 59.6 Å². The number of hydrogen-bond donors (Lipinski definition) is 2. The Kier molecular flexibility index (Phi) is 10.6. The van der Waals surface area contributed by atoms with Crippen LogP contribution in [0.2, 0.25) is 0 Å². The molecule has 0 spiro atoms. The fourth-order valence-electron chi connectivity index (χ4n) is 1.48. The maximum absolute atomic E-state index is 5.71. The molecule has 0 heterocycles. The first-order valence-corrected chi connectivity index (χ1v) is 6.05. The minimum atomic E-state index is 0. The van der Waals surface area contributed by atoms with E-state index in [1.54, 1.807) is 0 Å². The molecule has 0 saturated heterocycles. The molecule has 0 unspecified atom stereocenters. The van der Waals surface area contributed by atoms with Crippen LogP contribution in [0.3, 0.4) is 0 Å². The summed E-state index contributed by atoms with van der Waals surface area (Å²) >= 11 is 0. The minimum absolute atomic E-state index is 0. The number of ether oxygens (including phenoxy) is 1. The highest BCUT2D eigenvalue weighted by Crippen LogP contribution is 2.26. The Balaban J connectivity index is 0.00000256. The van der Waals surface area contributed by atoms with Crippen molar-refractivity contribution in [1.29, 1.82) is 0 Å². The van der Waals surface area contributed by atoms with Gasteiger partial charge in [0.15, 0.2) is 5.96 Å². The number of nitrogens with two attached hydrogens (primary N) is 1. The third-order valence-electron chi connectivity index (χ3n) is 2.76. The molecule has 1 aliphatic rings. The van der Waals surface area contributed by atoms with Crippen molar-refractivity contribution in [2.24, 2.45) is 16.6 Å². The lowest BCUT2D eigenvalue weighted by Crippen LogP contribution is -2.35. The average Bonchev–Trinajstić information content (AvgIpc) is 2.21. The van der Waals surface area contributed by atoms with Gasteiger partial charge in [-0.3, -0.25) is 4.99 Å². The lowest BCUT2D eigenvalue weighted by atomic mass is 9.86. The molecular weight excluding hydrogens is 329 g/mol. The van der Waals surface area contributed by atoms with Crippen LogP contribution in [-0.2, 0) is 4.74 Å². The summed E-state index contributed by atoms with van der Waals surface area (Å²) < 4.78 is 5.34. The molecule has 1 saturated carbocycles. The van der Waals surface area contributed by atoms with Crippen LogP contribution in [0.5, 0.6) is 0 Å². The zero-order chi connectivity index (χ0) is 11.6. The molecule has 5 heteroatoms. The quantitative estimate of drug-likeness (QED) is 0.230. The molecule has 1 fully saturated rings. The van der Waals surface area contributed by atoms with Gasteiger partial charge in [-0.2, -0.15) is 0 Å². The van der Waals surface area contributed by atoms with Gasteiger partial charge < -0.3 is 15.8 Å². The van der Waals surface area contributed by atoms with Crippen molar-refractivity contribution < 1.29 is 4.74 Å². The molecule has 0 aromatic carbocycles. The molecule has 0 aromatic heterocycles. The second-order valence-electron chi connectivity index (χ2n) is 4.14. The van der Waals surface area contributed by atoms with Gasteiger partial charge in [-0.15, -0.1) is 30.6 Å². The number of nitrogens with one attached hydrogen (secondary N) is 1. The van der Waals surface area contributed by atoms with Gasteiger partial charge in [0.1, 0.15) is 0 Å². The van der Waals surface area contributed by atoms with Crippen molar-refractivity contribution in [2.45, 2.75) is 25.7 Å². The highest BCUT2D eigenvalue weighted by Gasteiger charge is 2.16. The van der Waals surface area contributed by atoms with E-state index in [0.29, 0.717) is 12.6 Å². The lowest BCUT2D eigenvalue weighted by molar-refractivity contribution is 0.143. The summed E-state index contributed by atoms with van der Waals surface area (Å²) in [5.41, 5.74) is 5.71. The molecule has 0 atom stereocenters. The maximum Gasteiger partial charge on any atom is 0.188 e. The molecular formula is C12H24IN3O. The van der Waals surface area contributed by atoms with Crippen LogP contribution >= 0.6 is 24.0 Å². The van der Waals surface area contributed by atoms with Crippen LogP contribution in [0.25, 0.3) is 0 Å². The fourth-order valence-corrected chi connectivity index (χ4v) is 1.48. The summed E-state index contributed by atoms with van der Waals surface area (Å²) in [4.78, 5) is 4.29. The molecule has 1 aliphatic carbocycles. The summed E-state index contributed by atoms with van der Waals surface area (Å²) in [5.74, 6) is 1.31. The molecule has 4 nitrogen and oxygen atoms in total. The second-order valence-corrected chi connectivity index (χ2v) is 4.14. The molecule has 17 heavy (non-hydrogen) atoms. The van der Waals surface area contributed by atoms with E-state index in [0.717, 1.165) is 32.0 Å². The van der Waals surface area contributed by atoms with Crippen molar-refractivity contribution >= 4 is 29.9 Å². The van der Waals surface area contributed by atoms with Gasteiger partial charge in [0, 0.05) is 13.1 Å². The van der Waals surface area contributed by atoms with Crippen LogP contribution in [0, 0.1) is 5.92 Å². The molecule has 0 aromatic rings. The Morgan fingerprint density at radius 1 is 1.47 bits per heavy atom. The average molecular weight is 353 g/mol. The van der Waals surface area contributed by atoms with Crippen LogP contribution in [-0.4, -0.2) is 32.3 Å². The number of nitrogens with zero attached hydrogens (tertiary/aromatic N) is 1. The van der Waals surface area contributed by atoms with Crippen molar-refractivity contribution in [3.63, 3.8) is 0 Å². The largest absolute Gasteiger partial charge is 0.379 e. The van der Waals surface area contributed by atoms with Crippen molar-refractivity contribution in [3.05, 3.63) is 12.7 Å². The van der Waals surface area contributed by atoms with E-state index in [9.17, 15) is 0 Å². The molecule has 0 amide bonds. The second kappa shape index (κ2) is 10.8. The van der Waals surface area contributed by atoms with E-state index in [2.05, 4.69) is 16.9 Å². The smallest absolute Gasteiger partial charge is 0.188 e. The predicted octanol–water partition coefficient (Wildman–Crippen LogP) is 1.90. The van der Waals surface area contributed by atoms with Gasteiger partial charge >= 0.3 is 0 Å². The zero-order valence-electron chi connectivity index (χ0n) is 10.4. The Labute approximate surface area is 121 Å². The van der Waals surface area contributed by atoms with Crippen molar-refractivity contribution in [1.82, 2.24) is 5.32 Å². The van der Waals surface area contributed by atoms with Gasteiger partial charge in [-0.05, 0) is 25.2 Å². The number of rotatable bonds is 8. The molecule has 0 radical (unpaired) electrons. The van der Waals surface area contributed by atoms with Crippen LogP contribution in [0.1, 0.15) is 25.7 Å². The summed E-state index contributed by atoms with van der Waals surface area (Å²) in [6.45, 7) is 6.60. The Morgan fingerprint density at radius 3 is 2.82 bits per heavy atom. The summed E-state index contributed by atoms with van der Waals surface area (Å²) in [6.07, 6.45) is 6.71. The first-order valence-electron chi connectivity index (χ1n) is 6.05. The minimum Gasteiger partial charge on any atom is -0.379 e. The van der Waals surface area contributed by atoms with Crippen molar-refractivity contribution in [2.75, 3.05) is 26.3 Å². The zero-order valence-corrected chi connectivity index (χ0v) is 12.7. The van der Waals surface area contributed by atoms with Crippen LogP contribution < -0.4 is 11.1 Å². The van der Waals surface area contributed by atoms with Gasteiger partial charge in [-0.25, -0.2) is 0 Å². The van der Waals surface area contributed by atoms with E-state index < -0.39 is 0 Å². The number of guanidine groups is 1. The molecule has 0 aliphatic heterocycles. The van der Waals surface area contributed by atoms with E-state index in [1.165, 1.54) is 19.3 Å². The van der Waals surface area contributed by atoms with Gasteiger partial charge in [0.05, 0.1) is 13.2 Å². The first-order chi connectivity index (χ1) is 7.83. The number of halogens is 1. The van der Waals surface area contributed by atoms with Crippen LogP contribution in [0.15, 0.2) is 17.6 Å². The number of hydrogen-bond acceptors (Lipinski definition) is 2. The highest BCUT2D eigenvalue weighted by molar-refractivity contribution is 14.0. The third kappa shape index (κ3) is 8.43. The summed E-state index contributed by atoms with van der Waals surface area (Å²) in [6, 6.07) is 0. The number of aliphatic imine (C=N–C) groups is 1. The van der Waals surface area contributed by atoms with E-state index in [-0.39, 0.29) is 24.0 Å². The monoisotopic (exact) mass is 353 g/mol. The SMILES string of the molecule is C=CCCOCCNC(N)=NCC1CCC1.I. The first kappa shape index (κ1) is 16.7.